The molecule has 1 aromatic carbocycles. The van der Waals surface area contributed by atoms with Crippen molar-refractivity contribution < 1.29 is 0 Å². The van der Waals surface area contributed by atoms with Gasteiger partial charge in [0.1, 0.15) is 0 Å². The summed E-state index contributed by atoms with van der Waals surface area (Å²) in [5, 5.41) is 4.66. The first kappa shape index (κ1) is 16.8. The quantitative estimate of drug-likeness (QED) is 0.769. The molecule has 1 fully saturated rings. The van der Waals surface area contributed by atoms with Crippen LogP contribution in [0.3, 0.4) is 0 Å². The van der Waals surface area contributed by atoms with Crippen molar-refractivity contribution in [2.75, 3.05) is 6.54 Å². The van der Waals surface area contributed by atoms with Crippen LogP contribution < -0.4 is 5.32 Å². The van der Waals surface area contributed by atoms with E-state index in [-0.39, 0.29) is 0 Å². The van der Waals surface area contributed by atoms with E-state index in [4.69, 9.17) is 11.6 Å². The lowest BCUT2D eigenvalue weighted by molar-refractivity contribution is 0.0988. The fourth-order valence-corrected chi connectivity index (χ4v) is 4.25. The molecule has 2 rings (SSSR count). The summed E-state index contributed by atoms with van der Waals surface area (Å²) < 4.78 is 0. The molecule has 1 nitrogen and oxygen atoms in total. The zero-order valence-corrected chi connectivity index (χ0v) is 14.8. The van der Waals surface area contributed by atoms with Crippen LogP contribution in [0.4, 0.5) is 0 Å². The minimum absolute atomic E-state index is 0.433. The van der Waals surface area contributed by atoms with Gasteiger partial charge in [-0.25, -0.2) is 0 Å². The molecule has 1 aliphatic rings. The summed E-state index contributed by atoms with van der Waals surface area (Å²) in [7, 11) is 0. The first-order valence-electron chi connectivity index (χ1n) is 8.42. The Morgan fingerprint density at radius 1 is 1.33 bits per heavy atom. The van der Waals surface area contributed by atoms with Gasteiger partial charge in [0.05, 0.1) is 0 Å². The van der Waals surface area contributed by atoms with Gasteiger partial charge in [-0.3, -0.25) is 0 Å². The Kier molecular flexibility index (Phi) is 5.73. The average molecular weight is 308 g/mol. The van der Waals surface area contributed by atoms with Crippen LogP contribution in [0.15, 0.2) is 18.2 Å². The van der Waals surface area contributed by atoms with Crippen LogP contribution in [-0.4, -0.2) is 12.6 Å². The molecule has 1 saturated carbocycles. The Morgan fingerprint density at radius 3 is 2.71 bits per heavy atom. The highest BCUT2D eigenvalue weighted by Gasteiger charge is 2.37. The molecule has 0 amide bonds. The highest BCUT2D eigenvalue weighted by Crippen LogP contribution is 2.43. The zero-order chi connectivity index (χ0) is 15.5. The maximum absolute atomic E-state index is 6.46. The SMILES string of the molecule is CCNC(Cc1ccc(C)cc1Cl)C1CCCCC1(C)C. The smallest absolute Gasteiger partial charge is 0.0441 e. The summed E-state index contributed by atoms with van der Waals surface area (Å²) in [4.78, 5) is 0. The van der Waals surface area contributed by atoms with Crippen LogP contribution in [0.1, 0.15) is 57.6 Å². The molecule has 0 saturated heterocycles. The normalized spacial score (nSPS) is 23.0. The maximum atomic E-state index is 6.46. The summed E-state index contributed by atoms with van der Waals surface area (Å²) in [6, 6.07) is 7.01. The number of nitrogens with one attached hydrogen (secondary N) is 1. The monoisotopic (exact) mass is 307 g/mol. The number of likely N-dealkylation sites (N-methyl/N-ethyl adjacent to an activating group) is 1. The highest BCUT2D eigenvalue weighted by molar-refractivity contribution is 6.31. The van der Waals surface area contributed by atoms with Crippen LogP contribution in [0.25, 0.3) is 0 Å². The summed E-state index contributed by atoms with van der Waals surface area (Å²) in [6.07, 6.45) is 6.49. The number of aryl methyl sites for hydroxylation is 1. The fraction of sp³-hybridized carbons (Fsp3) is 0.684. The second-order valence-corrected chi connectivity index (χ2v) is 7.71. The largest absolute Gasteiger partial charge is 0.314 e. The third-order valence-electron chi connectivity index (χ3n) is 5.19. The van der Waals surface area contributed by atoms with Crippen LogP contribution >= 0.6 is 11.6 Å². The predicted octanol–water partition coefficient (Wildman–Crippen LogP) is 5.39. The van der Waals surface area contributed by atoms with Gasteiger partial charge in [-0.15, -0.1) is 0 Å². The number of benzene rings is 1. The summed E-state index contributed by atoms with van der Waals surface area (Å²) >= 11 is 6.46. The van der Waals surface area contributed by atoms with Crippen LogP contribution in [0, 0.1) is 18.3 Å². The van der Waals surface area contributed by atoms with Crippen molar-refractivity contribution in [1.82, 2.24) is 5.32 Å². The van der Waals surface area contributed by atoms with Crippen molar-refractivity contribution in [3.63, 3.8) is 0 Å². The molecule has 21 heavy (non-hydrogen) atoms. The van der Waals surface area contributed by atoms with E-state index >= 15 is 0 Å². The highest BCUT2D eigenvalue weighted by atomic mass is 35.5. The van der Waals surface area contributed by atoms with Gasteiger partial charge >= 0.3 is 0 Å². The van der Waals surface area contributed by atoms with Gasteiger partial charge in [0.15, 0.2) is 0 Å². The molecule has 0 radical (unpaired) electrons. The van der Waals surface area contributed by atoms with E-state index in [1.54, 1.807) is 0 Å². The molecule has 0 bridgehead atoms. The maximum Gasteiger partial charge on any atom is 0.0441 e. The Labute approximate surface area is 135 Å². The fourth-order valence-electron chi connectivity index (χ4n) is 3.94. The molecule has 0 aliphatic heterocycles. The van der Waals surface area contributed by atoms with Gasteiger partial charge in [-0.1, -0.05) is 57.3 Å². The Balaban J connectivity index is 2.18. The van der Waals surface area contributed by atoms with Gasteiger partial charge in [-0.2, -0.15) is 0 Å². The minimum Gasteiger partial charge on any atom is -0.314 e. The van der Waals surface area contributed by atoms with Gasteiger partial charge < -0.3 is 5.32 Å². The summed E-state index contributed by atoms with van der Waals surface area (Å²) in [5.41, 5.74) is 2.96. The molecule has 1 aromatic rings. The lowest BCUT2D eigenvalue weighted by Crippen LogP contribution is -2.46. The van der Waals surface area contributed by atoms with Crippen LogP contribution in [0.2, 0.25) is 5.02 Å². The van der Waals surface area contributed by atoms with E-state index in [2.05, 4.69) is 51.2 Å². The summed E-state index contributed by atoms with van der Waals surface area (Å²) in [6.45, 7) is 10.2. The van der Waals surface area contributed by atoms with Crippen LogP contribution in [-0.2, 0) is 6.42 Å². The standard InChI is InChI=1S/C19H30ClN/c1-5-21-18(16-8-6-7-11-19(16,3)4)13-15-10-9-14(2)12-17(15)20/h9-10,12,16,18,21H,5-8,11,13H2,1-4H3. The molecule has 2 heteroatoms. The van der Waals surface area contributed by atoms with Gasteiger partial charge in [-0.05, 0) is 61.3 Å². The Bertz CT molecular complexity index is 467. The topological polar surface area (TPSA) is 12.0 Å². The third-order valence-corrected chi connectivity index (χ3v) is 5.54. The van der Waals surface area contributed by atoms with E-state index in [0.29, 0.717) is 11.5 Å². The molecular formula is C19H30ClN. The number of hydrogen-bond acceptors (Lipinski definition) is 1. The van der Waals surface area contributed by atoms with E-state index in [1.807, 2.05) is 0 Å². The molecule has 0 spiro atoms. The first-order valence-corrected chi connectivity index (χ1v) is 8.80. The Morgan fingerprint density at radius 2 is 2.10 bits per heavy atom. The Hall–Kier alpha value is -0.530. The molecule has 0 aromatic heterocycles. The molecule has 2 unspecified atom stereocenters. The molecule has 1 N–H and O–H groups in total. The number of hydrogen-bond donors (Lipinski definition) is 1. The average Bonchev–Trinajstić information content (AvgIpc) is 2.41. The molecule has 0 heterocycles. The first-order chi connectivity index (χ1) is 9.94. The van der Waals surface area contributed by atoms with Crippen molar-refractivity contribution in [2.45, 2.75) is 65.8 Å². The second kappa shape index (κ2) is 7.15. The van der Waals surface area contributed by atoms with Gasteiger partial charge in [0, 0.05) is 11.1 Å². The van der Waals surface area contributed by atoms with E-state index < -0.39 is 0 Å². The van der Waals surface area contributed by atoms with Crippen molar-refractivity contribution in [2.24, 2.45) is 11.3 Å². The van der Waals surface area contributed by atoms with E-state index in [0.717, 1.165) is 23.9 Å². The van der Waals surface area contributed by atoms with E-state index in [1.165, 1.54) is 36.8 Å². The zero-order valence-electron chi connectivity index (χ0n) is 14.0. The van der Waals surface area contributed by atoms with Gasteiger partial charge in [0.2, 0.25) is 0 Å². The lowest BCUT2D eigenvalue weighted by Gasteiger charge is -2.43. The van der Waals surface area contributed by atoms with Crippen molar-refractivity contribution >= 4 is 11.6 Å². The second-order valence-electron chi connectivity index (χ2n) is 7.30. The number of halogens is 1. The van der Waals surface area contributed by atoms with Crippen LogP contribution in [0.5, 0.6) is 0 Å². The molecule has 118 valence electrons. The summed E-state index contributed by atoms with van der Waals surface area (Å²) in [5.74, 6) is 0.739. The molecule has 1 aliphatic carbocycles. The molecule has 2 atom stereocenters. The third kappa shape index (κ3) is 4.23. The van der Waals surface area contributed by atoms with Crippen molar-refractivity contribution in [1.29, 1.82) is 0 Å². The minimum atomic E-state index is 0.433. The molecular weight excluding hydrogens is 278 g/mol. The van der Waals surface area contributed by atoms with Crippen molar-refractivity contribution in [3.8, 4) is 0 Å². The van der Waals surface area contributed by atoms with Crippen molar-refractivity contribution in [3.05, 3.63) is 34.3 Å². The predicted molar refractivity (Wildman–Crippen MR) is 93.1 cm³/mol. The van der Waals surface area contributed by atoms with E-state index in [9.17, 15) is 0 Å². The van der Waals surface area contributed by atoms with Gasteiger partial charge in [0.25, 0.3) is 0 Å². The number of rotatable bonds is 5. The lowest BCUT2D eigenvalue weighted by atomic mass is 9.65.